The molecule has 1 amide bonds. The third-order valence-corrected chi connectivity index (χ3v) is 3.63. The largest absolute Gasteiger partial charge is 0.508 e. The van der Waals surface area contributed by atoms with Crippen LogP contribution in [0.2, 0.25) is 0 Å². The molecule has 0 aliphatic carbocycles. The van der Waals surface area contributed by atoms with Crippen LogP contribution in [0, 0.1) is 0 Å². The van der Waals surface area contributed by atoms with E-state index in [1.165, 1.54) is 29.3 Å². The minimum atomic E-state index is -0.616. The predicted octanol–water partition coefficient (Wildman–Crippen LogP) is 2.19. The molecule has 2 aromatic carbocycles. The Morgan fingerprint density at radius 2 is 1.79 bits per heavy atom. The van der Waals surface area contributed by atoms with E-state index >= 15 is 0 Å². The number of hydrazone groups is 1. The van der Waals surface area contributed by atoms with Gasteiger partial charge in [0.05, 0.1) is 17.8 Å². The lowest BCUT2D eigenvalue weighted by atomic mass is 10.1. The van der Waals surface area contributed by atoms with Crippen molar-refractivity contribution in [3.63, 3.8) is 0 Å². The van der Waals surface area contributed by atoms with Crippen molar-refractivity contribution in [1.82, 2.24) is 5.01 Å². The fraction of sp³-hybridized carbons (Fsp3) is 0.167. The number of aromatic hydroxyl groups is 1. The zero-order valence-electron chi connectivity index (χ0n) is 12.9. The summed E-state index contributed by atoms with van der Waals surface area (Å²) in [6, 6.07) is 15.3. The Labute approximate surface area is 139 Å². The Morgan fingerprint density at radius 1 is 1.08 bits per heavy atom. The lowest BCUT2D eigenvalue weighted by Gasteiger charge is -2.11. The van der Waals surface area contributed by atoms with Gasteiger partial charge >= 0.3 is 5.97 Å². The standard InChI is InChI=1S/C18H16N2O4/c21-15-8-6-14(7-9-15)18(23)24-12-17(22)20-11-10-16(19-20)13-4-2-1-3-5-13/h1-9,21H,10-12H2. The van der Waals surface area contributed by atoms with E-state index in [0.717, 1.165) is 11.3 Å². The molecule has 0 bridgehead atoms. The van der Waals surface area contributed by atoms with Gasteiger partial charge in [0.1, 0.15) is 5.75 Å². The van der Waals surface area contributed by atoms with Gasteiger partial charge in [-0.25, -0.2) is 9.80 Å². The number of esters is 1. The summed E-state index contributed by atoms with van der Waals surface area (Å²) in [4.78, 5) is 24.0. The number of phenols is 1. The third kappa shape index (κ3) is 3.60. The van der Waals surface area contributed by atoms with E-state index in [-0.39, 0.29) is 23.8 Å². The van der Waals surface area contributed by atoms with Gasteiger partial charge in [-0.05, 0) is 29.8 Å². The average molecular weight is 324 g/mol. The van der Waals surface area contributed by atoms with E-state index in [0.29, 0.717) is 13.0 Å². The predicted molar refractivity (Wildman–Crippen MR) is 87.7 cm³/mol. The molecule has 6 nitrogen and oxygen atoms in total. The first-order chi connectivity index (χ1) is 11.6. The summed E-state index contributed by atoms with van der Waals surface area (Å²) < 4.78 is 5.00. The number of nitrogens with zero attached hydrogens (tertiary/aromatic N) is 2. The van der Waals surface area contributed by atoms with Crippen LogP contribution in [0.3, 0.4) is 0 Å². The van der Waals surface area contributed by atoms with E-state index in [2.05, 4.69) is 5.10 Å². The van der Waals surface area contributed by atoms with Gasteiger partial charge in [0.2, 0.25) is 0 Å². The maximum atomic E-state index is 12.1. The second-order valence-electron chi connectivity index (χ2n) is 5.30. The van der Waals surface area contributed by atoms with Crippen LogP contribution in [-0.4, -0.2) is 40.9 Å². The number of amides is 1. The lowest BCUT2D eigenvalue weighted by molar-refractivity contribution is -0.134. The molecule has 0 saturated heterocycles. The normalized spacial score (nSPS) is 13.5. The van der Waals surface area contributed by atoms with Gasteiger partial charge in [-0.2, -0.15) is 5.10 Å². The van der Waals surface area contributed by atoms with Crippen molar-refractivity contribution >= 4 is 17.6 Å². The van der Waals surface area contributed by atoms with Gasteiger partial charge in [0.25, 0.3) is 5.91 Å². The van der Waals surface area contributed by atoms with Crippen LogP contribution < -0.4 is 0 Å². The second-order valence-corrected chi connectivity index (χ2v) is 5.30. The number of hydrogen-bond acceptors (Lipinski definition) is 5. The van der Waals surface area contributed by atoms with Gasteiger partial charge < -0.3 is 9.84 Å². The maximum absolute atomic E-state index is 12.1. The first-order valence-electron chi connectivity index (χ1n) is 7.53. The smallest absolute Gasteiger partial charge is 0.338 e. The van der Waals surface area contributed by atoms with Crippen LogP contribution in [0.15, 0.2) is 59.7 Å². The van der Waals surface area contributed by atoms with Crippen LogP contribution >= 0.6 is 0 Å². The first-order valence-corrected chi connectivity index (χ1v) is 7.53. The number of hydrogen-bond donors (Lipinski definition) is 1. The molecule has 1 N–H and O–H groups in total. The fourth-order valence-electron chi connectivity index (χ4n) is 2.35. The average Bonchev–Trinajstić information content (AvgIpc) is 3.11. The molecule has 1 aliphatic rings. The molecule has 1 aliphatic heterocycles. The van der Waals surface area contributed by atoms with Gasteiger partial charge in [-0.1, -0.05) is 30.3 Å². The Kier molecular flexibility index (Phi) is 4.56. The van der Waals surface area contributed by atoms with Gasteiger partial charge in [0, 0.05) is 6.42 Å². The molecular formula is C18H16N2O4. The molecule has 24 heavy (non-hydrogen) atoms. The first kappa shape index (κ1) is 15.7. The number of ether oxygens (including phenoxy) is 1. The summed E-state index contributed by atoms with van der Waals surface area (Å²) in [7, 11) is 0. The number of carbonyl (C=O) groups is 2. The minimum Gasteiger partial charge on any atom is -0.508 e. The van der Waals surface area contributed by atoms with E-state index in [1.54, 1.807) is 0 Å². The van der Waals surface area contributed by atoms with Crippen LogP contribution in [-0.2, 0) is 9.53 Å². The molecular weight excluding hydrogens is 308 g/mol. The number of rotatable bonds is 4. The zero-order valence-corrected chi connectivity index (χ0v) is 12.9. The summed E-state index contributed by atoms with van der Waals surface area (Å²) in [5, 5.41) is 14.8. The van der Waals surface area contributed by atoms with Crippen LogP contribution in [0.4, 0.5) is 0 Å². The van der Waals surface area contributed by atoms with E-state index in [9.17, 15) is 14.7 Å². The van der Waals surface area contributed by atoms with Gasteiger partial charge in [-0.15, -0.1) is 0 Å². The van der Waals surface area contributed by atoms with Crippen LogP contribution in [0.1, 0.15) is 22.3 Å². The molecule has 0 aromatic heterocycles. The summed E-state index contributed by atoms with van der Waals surface area (Å²) in [5.74, 6) is -0.926. The fourth-order valence-corrected chi connectivity index (χ4v) is 2.35. The lowest BCUT2D eigenvalue weighted by Crippen LogP contribution is -2.28. The molecule has 1 heterocycles. The molecule has 0 spiro atoms. The molecule has 0 fully saturated rings. The van der Waals surface area contributed by atoms with Crippen molar-refractivity contribution in [3.8, 4) is 5.75 Å². The van der Waals surface area contributed by atoms with Crippen molar-refractivity contribution in [2.24, 2.45) is 5.10 Å². The van der Waals surface area contributed by atoms with Crippen molar-refractivity contribution in [2.45, 2.75) is 6.42 Å². The van der Waals surface area contributed by atoms with E-state index in [4.69, 9.17) is 4.74 Å². The monoisotopic (exact) mass is 324 g/mol. The summed E-state index contributed by atoms with van der Waals surface area (Å²) in [6.07, 6.45) is 0.668. The van der Waals surface area contributed by atoms with Crippen molar-refractivity contribution in [2.75, 3.05) is 13.2 Å². The van der Waals surface area contributed by atoms with Crippen molar-refractivity contribution in [1.29, 1.82) is 0 Å². The Balaban J connectivity index is 1.57. The number of phenolic OH excluding ortho intramolecular Hbond substituents is 1. The van der Waals surface area contributed by atoms with Crippen LogP contribution in [0.25, 0.3) is 0 Å². The van der Waals surface area contributed by atoms with Crippen LogP contribution in [0.5, 0.6) is 5.75 Å². The molecule has 122 valence electrons. The topological polar surface area (TPSA) is 79.2 Å². The summed E-state index contributed by atoms with van der Waals surface area (Å²) >= 11 is 0. The van der Waals surface area contributed by atoms with Crippen molar-refractivity contribution in [3.05, 3.63) is 65.7 Å². The van der Waals surface area contributed by atoms with Gasteiger partial charge in [-0.3, -0.25) is 4.79 Å². The Hall–Kier alpha value is -3.15. The summed E-state index contributed by atoms with van der Waals surface area (Å²) in [6.45, 7) is 0.102. The molecule has 6 heteroatoms. The number of carbonyl (C=O) groups excluding carboxylic acids is 2. The SMILES string of the molecule is O=C(OCC(=O)N1CCC(c2ccccc2)=N1)c1ccc(O)cc1. The highest BCUT2D eigenvalue weighted by atomic mass is 16.5. The van der Waals surface area contributed by atoms with Gasteiger partial charge in [0.15, 0.2) is 6.61 Å². The zero-order chi connectivity index (χ0) is 16.9. The third-order valence-electron chi connectivity index (χ3n) is 3.63. The Morgan fingerprint density at radius 3 is 2.50 bits per heavy atom. The highest BCUT2D eigenvalue weighted by Crippen LogP contribution is 2.14. The molecule has 0 unspecified atom stereocenters. The maximum Gasteiger partial charge on any atom is 0.338 e. The Bertz CT molecular complexity index is 769. The molecule has 3 rings (SSSR count). The second kappa shape index (κ2) is 6.95. The highest BCUT2D eigenvalue weighted by molar-refractivity contribution is 6.02. The van der Waals surface area contributed by atoms with E-state index < -0.39 is 5.97 Å². The molecule has 0 atom stereocenters. The highest BCUT2D eigenvalue weighted by Gasteiger charge is 2.22. The minimum absolute atomic E-state index is 0.0578. The number of benzene rings is 2. The molecule has 0 saturated carbocycles. The van der Waals surface area contributed by atoms with E-state index in [1.807, 2.05) is 30.3 Å². The molecule has 2 aromatic rings. The summed E-state index contributed by atoms with van der Waals surface area (Å²) in [5.41, 5.74) is 2.10. The molecule has 0 radical (unpaired) electrons. The van der Waals surface area contributed by atoms with Crippen molar-refractivity contribution < 1.29 is 19.4 Å². The quantitative estimate of drug-likeness (QED) is 0.874.